The van der Waals surface area contributed by atoms with Crippen molar-refractivity contribution in [3.05, 3.63) is 23.0 Å². The monoisotopic (exact) mass is 225 g/mol. The number of unbranched alkanes of at least 4 members (excludes halogenated alkanes) is 1. The van der Waals surface area contributed by atoms with Crippen molar-refractivity contribution in [3.63, 3.8) is 0 Å². The number of rotatable bonds is 6. The van der Waals surface area contributed by atoms with Crippen molar-refractivity contribution in [2.45, 2.75) is 33.2 Å². The molecule has 0 amide bonds. The van der Waals surface area contributed by atoms with E-state index >= 15 is 0 Å². The Labute approximate surface area is 96.1 Å². The second-order valence-corrected chi connectivity index (χ2v) is 4.78. The fraction of sp³-hybridized carbons (Fsp3) is 0.583. The maximum Gasteiger partial charge on any atom is 0.151 e. The van der Waals surface area contributed by atoms with Crippen LogP contribution in [0.3, 0.4) is 0 Å². The van der Waals surface area contributed by atoms with E-state index in [0.717, 1.165) is 24.1 Å². The van der Waals surface area contributed by atoms with E-state index < -0.39 is 0 Å². The molecule has 0 fully saturated rings. The predicted molar refractivity (Wildman–Crippen MR) is 66.9 cm³/mol. The third-order valence-corrected chi connectivity index (χ3v) is 3.42. The molecule has 0 unspecified atom stereocenters. The number of nitrogens with zero attached hydrogens (tertiary/aromatic N) is 1. The van der Waals surface area contributed by atoms with E-state index in [-0.39, 0.29) is 0 Å². The van der Waals surface area contributed by atoms with Crippen molar-refractivity contribution >= 4 is 18.0 Å². The summed E-state index contributed by atoms with van der Waals surface area (Å²) in [5, 5.41) is 0. The van der Waals surface area contributed by atoms with Gasteiger partial charge in [-0.2, -0.15) is 11.8 Å². The number of aldehydes is 1. The highest BCUT2D eigenvalue weighted by Crippen LogP contribution is 2.14. The minimum Gasteiger partial charge on any atom is -0.348 e. The lowest BCUT2D eigenvalue weighted by Crippen LogP contribution is -2.03. The summed E-state index contributed by atoms with van der Waals surface area (Å²) in [7, 11) is 0. The van der Waals surface area contributed by atoms with Crippen molar-refractivity contribution in [1.82, 2.24) is 4.57 Å². The van der Waals surface area contributed by atoms with Crippen LogP contribution in [0.2, 0.25) is 0 Å². The molecule has 1 rings (SSSR count). The molecule has 1 aromatic rings. The molecule has 0 N–H and O–H groups in total. The highest BCUT2D eigenvalue weighted by atomic mass is 32.2. The first-order valence-corrected chi connectivity index (χ1v) is 6.71. The summed E-state index contributed by atoms with van der Waals surface area (Å²) >= 11 is 1.89. The third-order valence-electron chi connectivity index (χ3n) is 2.72. The zero-order valence-corrected chi connectivity index (χ0v) is 10.6. The van der Waals surface area contributed by atoms with Gasteiger partial charge < -0.3 is 4.57 Å². The Balaban J connectivity index is 2.60. The molecular formula is C12H19NOS. The topological polar surface area (TPSA) is 22.0 Å². The fourth-order valence-electron chi connectivity index (χ4n) is 1.81. The summed E-state index contributed by atoms with van der Waals surface area (Å²) in [4.78, 5) is 10.8. The van der Waals surface area contributed by atoms with E-state index in [1.54, 1.807) is 0 Å². The van der Waals surface area contributed by atoms with Crippen LogP contribution in [0.5, 0.6) is 0 Å². The van der Waals surface area contributed by atoms with E-state index in [1.165, 1.54) is 24.3 Å². The van der Waals surface area contributed by atoms with Gasteiger partial charge in [-0.05, 0) is 44.8 Å². The third kappa shape index (κ3) is 3.13. The van der Waals surface area contributed by atoms with Gasteiger partial charge in [0.2, 0.25) is 0 Å². The standard InChI is InChI=1S/C12H19NOS/c1-10-8-12(9-14)11(2)13(10)6-4-5-7-15-3/h8-9H,4-7H2,1-3H3. The van der Waals surface area contributed by atoms with Crippen LogP contribution in [0.15, 0.2) is 6.07 Å². The Morgan fingerprint density at radius 1 is 1.40 bits per heavy atom. The van der Waals surface area contributed by atoms with Gasteiger partial charge in [-0.15, -0.1) is 0 Å². The highest BCUT2D eigenvalue weighted by molar-refractivity contribution is 7.98. The average molecular weight is 225 g/mol. The van der Waals surface area contributed by atoms with Crippen LogP contribution in [0.4, 0.5) is 0 Å². The molecule has 0 saturated heterocycles. The molecular weight excluding hydrogens is 206 g/mol. The Morgan fingerprint density at radius 2 is 2.13 bits per heavy atom. The number of hydrogen-bond acceptors (Lipinski definition) is 2. The first-order chi connectivity index (χ1) is 7.20. The minimum absolute atomic E-state index is 0.831. The van der Waals surface area contributed by atoms with Crippen LogP contribution < -0.4 is 0 Å². The lowest BCUT2D eigenvalue weighted by atomic mass is 10.3. The van der Waals surface area contributed by atoms with Crippen LogP contribution in [0.25, 0.3) is 0 Å². The fourth-order valence-corrected chi connectivity index (χ4v) is 2.30. The van der Waals surface area contributed by atoms with Gasteiger partial charge in [0.15, 0.2) is 6.29 Å². The van der Waals surface area contributed by atoms with Gasteiger partial charge in [-0.1, -0.05) is 0 Å². The molecule has 0 bridgehead atoms. The molecule has 2 nitrogen and oxygen atoms in total. The molecule has 15 heavy (non-hydrogen) atoms. The normalized spacial score (nSPS) is 10.6. The number of carbonyl (C=O) groups excluding carboxylic acids is 1. The van der Waals surface area contributed by atoms with Crippen molar-refractivity contribution in [2.24, 2.45) is 0 Å². The molecule has 0 aliphatic rings. The van der Waals surface area contributed by atoms with Gasteiger partial charge in [-0.3, -0.25) is 4.79 Å². The van der Waals surface area contributed by atoms with Crippen LogP contribution in [-0.2, 0) is 6.54 Å². The highest BCUT2D eigenvalue weighted by Gasteiger charge is 2.07. The largest absolute Gasteiger partial charge is 0.348 e. The van der Waals surface area contributed by atoms with Crippen molar-refractivity contribution in [3.8, 4) is 0 Å². The lowest BCUT2D eigenvalue weighted by Gasteiger charge is -2.08. The molecule has 0 aliphatic carbocycles. The van der Waals surface area contributed by atoms with Gasteiger partial charge in [0, 0.05) is 23.5 Å². The predicted octanol–water partition coefficient (Wildman–Crippen LogP) is 3.06. The molecule has 0 aliphatic heterocycles. The summed E-state index contributed by atoms with van der Waals surface area (Å²) in [6.45, 7) is 5.12. The molecule has 0 aromatic carbocycles. The lowest BCUT2D eigenvalue weighted by molar-refractivity contribution is 0.112. The van der Waals surface area contributed by atoms with Crippen molar-refractivity contribution in [1.29, 1.82) is 0 Å². The summed E-state index contributed by atoms with van der Waals surface area (Å²) in [5.74, 6) is 1.22. The Hall–Kier alpha value is -0.700. The second-order valence-electron chi connectivity index (χ2n) is 3.80. The number of thioether (sulfide) groups is 1. The Bertz CT molecular complexity index is 331. The van der Waals surface area contributed by atoms with Gasteiger partial charge in [0.05, 0.1) is 0 Å². The SMILES string of the molecule is CSCCCCn1c(C)cc(C=O)c1C. The quantitative estimate of drug-likeness (QED) is 0.548. The van der Waals surface area contributed by atoms with E-state index in [9.17, 15) is 4.79 Å². The van der Waals surface area contributed by atoms with Crippen LogP contribution >= 0.6 is 11.8 Å². The molecule has 3 heteroatoms. The molecule has 0 radical (unpaired) electrons. The summed E-state index contributed by atoms with van der Waals surface area (Å²) in [6, 6.07) is 1.97. The number of carbonyl (C=O) groups is 1. The zero-order valence-electron chi connectivity index (χ0n) is 9.75. The van der Waals surface area contributed by atoms with Crippen LogP contribution in [0.1, 0.15) is 34.6 Å². The summed E-state index contributed by atoms with van der Waals surface area (Å²) < 4.78 is 2.24. The minimum atomic E-state index is 0.831. The van der Waals surface area contributed by atoms with Crippen LogP contribution in [-0.4, -0.2) is 22.9 Å². The maximum atomic E-state index is 10.8. The van der Waals surface area contributed by atoms with Gasteiger partial charge in [0.1, 0.15) is 0 Å². The van der Waals surface area contributed by atoms with Gasteiger partial charge in [-0.25, -0.2) is 0 Å². The maximum absolute atomic E-state index is 10.8. The Kier molecular flexibility index (Phi) is 4.95. The van der Waals surface area contributed by atoms with E-state index in [0.29, 0.717) is 0 Å². The van der Waals surface area contributed by atoms with Gasteiger partial charge in [0.25, 0.3) is 0 Å². The molecule has 0 spiro atoms. The zero-order chi connectivity index (χ0) is 11.3. The van der Waals surface area contributed by atoms with Crippen molar-refractivity contribution in [2.75, 3.05) is 12.0 Å². The van der Waals surface area contributed by atoms with Crippen LogP contribution in [0, 0.1) is 13.8 Å². The first-order valence-electron chi connectivity index (χ1n) is 5.31. The second kappa shape index (κ2) is 6.01. The number of hydrogen-bond donors (Lipinski definition) is 0. The smallest absolute Gasteiger partial charge is 0.151 e. The molecule has 1 aromatic heterocycles. The van der Waals surface area contributed by atoms with E-state index in [1.807, 2.05) is 24.8 Å². The Morgan fingerprint density at radius 3 is 2.67 bits per heavy atom. The number of aromatic nitrogens is 1. The van der Waals surface area contributed by atoms with Crippen molar-refractivity contribution < 1.29 is 4.79 Å². The van der Waals surface area contributed by atoms with E-state index in [4.69, 9.17) is 0 Å². The number of aryl methyl sites for hydroxylation is 1. The molecule has 0 saturated carbocycles. The molecule has 0 atom stereocenters. The molecule has 1 heterocycles. The van der Waals surface area contributed by atoms with Gasteiger partial charge >= 0.3 is 0 Å². The summed E-state index contributed by atoms with van der Waals surface area (Å²) in [5.41, 5.74) is 3.13. The average Bonchev–Trinajstić information content (AvgIpc) is 2.50. The summed E-state index contributed by atoms with van der Waals surface area (Å²) in [6.07, 6.45) is 5.52. The molecule has 84 valence electrons. The van der Waals surface area contributed by atoms with E-state index in [2.05, 4.69) is 17.7 Å². The first kappa shape index (κ1) is 12.4.